The molecule has 3 aliphatic rings. The van der Waals surface area contributed by atoms with E-state index in [1.165, 1.54) is 0 Å². The molecule has 124 valence electrons. The minimum atomic E-state index is -1.81. The van der Waals surface area contributed by atoms with Crippen molar-refractivity contribution < 1.29 is 14.0 Å². The molecule has 3 rings (SSSR count). The van der Waals surface area contributed by atoms with E-state index in [2.05, 4.69) is 52.9 Å². The van der Waals surface area contributed by atoms with Crippen LogP contribution >= 0.6 is 0 Å². The summed E-state index contributed by atoms with van der Waals surface area (Å²) in [5.41, 5.74) is -0.00171. The first kappa shape index (κ1) is 16.3. The highest BCUT2D eigenvalue weighted by molar-refractivity contribution is 6.74. The Balaban J connectivity index is 1.90. The zero-order chi connectivity index (χ0) is 16.3. The van der Waals surface area contributed by atoms with Gasteiger partial charge in [-0.1, -0.05) is 39.8 Å². The van der Waals surface area contributed by atoms with E-state index in [0.717, 1.165) is 12.8 Å². The molecule has 0 amide bonds. The van der Waals surface area contributed by atoms with Gasteiger partial charge < -0.3 is 9.16 Å². The predicted molar refractivity (Wildman–Crippen MR) is 90.0 cm³/mol. The van der Waals surface area contributed by atoms with Crippen LogP contribution in [0.5, 0.6) is 0 Å². The third-order valence-corrected chi connectivity index (χ3v) is 11.2. The van der Waals surface area contributed by atoms with Crippen LogP contribution in [0.1, 0.15) is 40.5 Å². The Labute approximate surface area is 135 Å². The number of carbonyl (C=O) groups is 1. The Morgan fingerprint density at radius 1 is 1.36 bits per heavy atom. The predicted octanol–water partition coefficient (Wildman–Crippen LogP) is 4.15. The second-order valence-corrected chi connectivity index (χ2v) is 13.9. The van der Waals surface area contributed by atoms with Gasteiger partial charge >= 0.3 is 5.97 Å². The molecule has 0 N–H and O–H groups in total. The maximum Gasteiger partial charge on any atom is 0.309 e. The van der Waals surface area contributed by atoms with Gasteiger partial charge in [0.1, 0.15) is 0 Å². The van der Waals surface area contributed by atoms with Gasteiger partial charge in [-0.05, 0) is 36.9 Å². The summed E-state index contributed by atoms with van der Waals surface area (Å²) in [6.45, 7) is 14.4. The number of rotatable bonds is 2. The smallest absolute Gasteiger partial charge is 0.309 e. The monoisotopic (exact) mass is 322 g/mol. The van der Waals surface area contributed by atoms with Crippen molar-refractivity contribution in [3.63, 3.8) is 0 Å². The van der Waals surface area contributed by atoms with Crippen LogP contribution in [0.4, 0.5) is 0 Å². The third kappa shape index (κ3) is 2.22. The Bertz CT molecular complexity index is 505. The molecule has 0 radical (unpaired) electrons. The van der Waals surface area contributed by atoms with E-state index < -0.39 is 8.32 Å². The maximum atomic E-state index is 12.1. The van der Waals surface area contributed by atoms with E-state index in [1.54, 1.807) is 0 Å². The molecular formula is C18H30O3Si. The van der Waals surface area contributed by atoms with Gasteiger partial charge in [-0.15, -0.1) is 0 Å². The number of ether oxygens (including phenoxy) is 1. The Morgan fingerprint density at radius 2 is 2.05 bits per heavy atom. The molecule has 4 heteroatoms. The highest BCUT2D eigenvalue weighted by Crippen LogP contribution is 2.59. The van der Waals surface area contributed by atoms with Crippen molar-refractivity contribution in [3.05, 3.63) is 12.2 Å². The topological polar surface area (TPSA) is 35.5 Å². The second kappa shape index (κ2) is 4.94. The lowest BCUT2D eigenvalue weighted by Crippen LogP contribution is -2.48. The Kier molecular flexibility index (Phi) is 3.65. The summed E-state index contributed by atoms with van der Waals surface area (Å²) in [6, 6.07) is 0. The van der Waals surface area contributed by atoms with Crippen LogP contribution in [0.2, 0.25) is 18.1 Å². The summed E-state index contributed by atoms with van der Waals surface area (Å²) in [5.74, 6) is 0.883. The molecule has 1 aliphatic heterocycles. The minimum absolute atomic E-state index is 0.00171. The molecule has 0 bridgehead atoms. The van der Waals surface area contributed by atoms with Crippen molar-refractivity contribution >= 4 is 14.3 Å². The fourth-order valence-corrected chi connectivity index (χ4v) is 5.82. The summed E-state index contributed by atoms with van der Waals surface area (Å²) >= 11 is 0. The standard InChI is InChI=1S/C18H30O3Si/c1-12-10-18-11-20-16(19)14(18)9-7-8-13(18)15(12)21-22(5,6)17(2,3)4/h7-8,12-15H,9-11H2,1-6H3/t12-,13?,14?,15-,18?/m0/s1. The number of hydrogen-bond donors (Lipinski definition) is 0. The van der Waals surface area contributed by atoms with Crippen LogP contribution in [0, 0.1) is 23.2 Å². The summed E-state index contributed by atoms with van der Waals surface area (Å²) < 4.78 is 12.3. The summed E-state index contributed by atoms with van der Waals surface area (Å²) in [6.07, 6.45) is 6.63. The lowest BCUT2D eigenvalue weighted by molar-refractivity contribution is -0.141. The van der Waals surface area contributed by atoms with Crippen LogP contribution in [-0.4, -0.2) is 27.0 Å². The fourth-order valence-electron chi connectivity index (χ4n) is 4.40. The van der Waals surface area contributed by atoms with Crippen LogP contribution in [0.15, 0.2) is 12.2 Å². The highest BCUT2D eigenvalue weighted by Gasteiger charge is 2.63. The van der Waals surface area contributed by atoms with Crippen molar-refractivity contribution in [2.45, 2.75) is 64.8 Å². The quantitative estimate of drug-likeness (QED) is 0.435. The van der Waals surface area contributed by atoms with Gasteiger partial charge in [0.2, 0.25) is 0 Å². The van der Waals surface area contributed by atoms with E-state index >= 15 is 0 Å². The molecule has 3 nitrogen and oxygen atoms in total. The molecular weight excluding hydrogens is 292 g/mol. The number of allylic oxidation sites excluding steroid dienone is 1. The summed E-state index contributed by atoms with van der Waals surface area (Å²) in [4.78, 5) is 12.1. The molecule has 3 unspecified atom stereocenters. The Hall–Kier alpha value is -0.613. The largest absolute Gasteiger partial charge is 0.465 e. The van der Waals surface area contributed by atoms with E-state index in [4.69, 9.17) is 9.16 Å². The molecule has 1 saturated heterocycles. The van der Waals surface area contributed by atoms with Gasteiger partial charge in [0.15, 0.2) is 8.32 Å². The lowest BCUT2D eigenvalue weighted by atomic mass is 9.65. The molecule has 2 aliphatic carbocycles. The molecule has 5 atom stereocenters. The van der Waals surface area contributed by atoms with E-state index in [0.29, 0.717) is 18.4 Å². The Morgan fingerprint density at radius 3 is 2.68 bits per heavy atom. The lowest BCUT2D eigenvalue weighted by Gasteiger charge is -2.43. The van der Waals surface area contributed by atoms with Gasteiger partial charge in [-0.2, -0.15) is 0 Å². The molecule has 1 saturated carbocycles. The molecule has 0 aromatic carbocycles. The van der Waals surface area contributed by atoms with Crippen molar-refractivity contribution in [1.29, 1.82) is 0 Å². The van der Waals surface area contributed by atoms with Gasteiger partial charge in [0.05, 0.1) is 18.6 Å². The van der Waals surface area contributed by atoms with Crippen molar-refractivity contribution in [2.24, 2.45) is 23.2 Å². The van der Waals surface area contributed by atoms with Crippen LogP contribution < -0.4 is 0 Å². The van der Waals surface area contributed by atoms with Gasteiger partial charge in [-0.3, -0.25) is 4.79 Å². The number of cyclic esters (lactones) is 1. The molecule has 0 aromatic rings. The highest BCUT2D eigenvalue weighted by atomic mass is 28.4. The second-order valence-electron chi connectivity index (χ2n) is 9.11. The SMILES string of the molecule is C[C@H]1CC23COC(=O)C2CC=CC3[C@H]1O[Si](C)(C)C(C)(C)C. The van der Waals surface area contributed by atoms with Gasteiger partial charge in [0, 0.05) is 11.3 Å². The molecule has 0 aromatic heterocycles. The summed E-state index contributed by atoms with van der Waals surface area (Å²) in [5, 5.41) is 0.211. The zero-order valence-electron chi connectivity index (χ0n) is 14.8. The number of carbonyl (C=O) groups excluding carboxylic acids is 1. The molecule has 2 fully saturated rings. The average molecular weight is 323 g/mol. The van der Waals surface area contributed by atoms with E-state index in [-0.39, 0.29) is 28.4 Å². The van der Waals surface area contributed by atoms with Crippen molar-refractivity contribution in [1.82, 2.24) is 0 Å². The van der Waals surface area contributed by atoms with E-state index in [9.17, 15) is 4.79 Å². The molecule has 22 heavy (non-hydrogen) atoms. The average Bonchev–Trinajstić information content (AvgIpc) is 2.85. The first-order valence-electron chi connectivity index (χ1n) is 8.60. The van der Waals surface area contributed by atoms with Crippen LogP contribution in [0.3, 0.4) is 0 Å². The van der Waals surface area contributed by atoms with Crippen LogP contribution in [-0.2, 0) is 14.0 Å². The van der Waals surface area contributed by atoms with E-state index in [1.807, 2.05) is 0 Å². The number of esters is 1. The first-order valence-corrected chi connectivity index (χ1v) is 11.5. The number of hydrogen-bond acceptors (Lipinski definition) is 3. The third-order valence-electron chi connectivity index (χ3n) is 6.69. The summed E-state index contributed by atoms with van der Waals surface area (Å²) in [7, 11) is -1.81. The molecule has 1 spiro atoms. The van der Waals surface area contributed by atoms with Gasteiger partial charge in [0.25, 0.3) is 0 Å². The zero-order valence-corrected chi connectivity index (χ0v) is 15.8. The fraction of sp³-hybridized carbons (Fsp3) is 0.833. The van der Waals surface area contributed by atoms with Crippen molar-refractivity contribution in [2.75, 3.05) is 6.61 Å². The maximum absolute atomic E-state index is 12.1. The molecule has 1 heterocycles. The minimum Gasteiger partial charge on any atom is -0.465 e. The van der Waals surface area contributed by atoms with Crippen molar-refractivity contribution in [3.8, 4) is 0 Å². The van der Waals surface area contributed by atoms with Crippen LogP contribution in [0.25, 0.3) is 0 Å². The normalized spacial score (nSPS) is 41.3. The first-order chi connectivity index (χ1) is 10.1. The van der Waals surface area contributed by atoms with Gasteiger partial charge in [-0.25, -0.2) is 0 Å².